The van der Waals surface area contributed by atoms with Crippen molar-refractivity contribution in [2.45, 2.75) is 4.90 Å². The van der Waals surface area contributed by atoms with E-state index in [0.29, 0.717) is 10.6 Å². The van der Waals surface area contributed by atoms with Crippen molar-refractivity contribution in [1.29, 1.82) is 5.26 Å². The molecule has 0 aliphatic carbocycles. The number of carbonyl (C=O) groups is 1. The number of anilines is 1. The minimum absolute atomic E-state index is 0.0293. The summed E-state index contributed by atoms with van der Waals surface area (Å²) in [4.78, 5) is 22.6. The van der Waals surface area contributed by atoms with E-state index in [1.807, 2.05) is 0 Å². The number of nitriles is 1. The van der Waals surface area contributed by atoms with E-state index in [4.69, 9.17) is 15.8 Å². The highest BCUT2D eigenvalue weighted by atomic mass is 35.5. The first kappa shape index (κ1) is 23.5. The van der Waals surface area contributed by atoms with Crippen LogP contribution in [0.4, 0.5) is 11.4 Å². The van der Waals surface area contributed by atoms with Gasteiger partial charge in [-0.15, -0.1) is 0 Å². The molecule has 9 nitrogen and oxygen atoms in total. The smallest absolute Gasteiger partial charge is 0.339 e. The van der Waals surface area contributed by atoms with Gasteiger partial charge in [-0.1, -0.05) is 29.8 Å². The zero-order valence-corrected chi connectivity index (χ0v) is 18.2. The van der Waals surface area contributed by atoms with Crippen molar-refractivity contribution in [2.24, 2.45) is 0 Å². The minimum atomic E-state index is -4.07. The Bertz CT molecular complexity index is 1380. The molecule has 0 aromatic heterocycles. The predicted molar refractivity (Wildman–Crippen MR) is 121 cm³/mol. The fraction of sp³-hybridized carbons (Fsp3) is 0. The van der Waals surface area contributed by atoms with Crippen LogP contribution in [0, 0.1) is 21.4 Å². The van der Waals surface area contributed by atoms with Crippen molar-refractivity contribution in [1.82, 2.24) is 0 Å². The van der Waals surface area contributed by atoms with Crippen LogP contribution in [0.25, 0.3) is 6.08 Å². The number of non-ortho nitro benzene ring substituents is 1. The van der Waals surface area contributed by atoms with Gasteiger partial charge in [0.25, 0.3) is 11.6 Å². The average Bonchev–Trinajstić information content (AvgIpc) is 2.78. The molecule has 1 amide bonds. The van der Waals surface area contributed by atoms with E-state index in [-0.39, 0.29) is 27.6 Å². The maximum Gasteiger partial charge on any atom is 0.339 e. The summed E-state index contributed by atoms with van der Waals surface area (Å²) in [5.41, 5.74) is 0.117. The van der Waals surface area contributed by atoms with Gasteiger partial charge < -0.3 is 9.50 Å². The van der Waals surface area contributed by atoms with Gasteiger partial charge in [-0.25, -0.2) is 0 Å². The summed E-state index contributed by atoms with van der Waals surface area (Å²) < 4.78 is 29.8. The summed E-state index contributed by atoms with van der Waals surface area (Å²) in [6.45, 7) is 0. The molecule has 3 aromatic rings. The van der Waals surface area contributed by atoms with E-state index in [9.17, 15) is 28.6 Å². The van der Waals surface area contributed by atoms with Crippen LogP contribution >= 0.6 is 11.6 Å². The molecule has 0 aliphatic heterocycles. The maximum atomic E-state index is 12.4. The van der Waals surface area contributed by atoms with E-state index < -0.39 is 20.9 Å². The van der Waals surface area contributed by atoms with Crippen molar-refractivity contribution in [2.75, 3.05) is 5.32 Å². The third-order valence-electron chi connectivity index (χ3n) is 4.18. The number of rotatable bonds is 7. The second-order valence-electron chi connectivity index (χ2n) is 6.49. The number of halogens is 1. The molecule has 0 unspecified atom stereocenters. The molecule has 0 fully saturated rings. The lowest BCUT2D eigenvalue weighted by Crippen LogP contribution is -2.13. The van der Waals surface area contributed by atoms with E-state index in [1.165, 1.54) is 78.9 Å². The van der Waals surface area contributed by atoms with Gasteiger partial charge in [0.15, 0.2) is 0 Å². The van der Waals surface area contributed by atoms with E-state index >= 15 is 0 Å². The average molecular weight is 484 g/mol. The van der Waals surface area contributed by atoms with Crippen molar-refractivity contribution in [3.63, 3.8) is 0 Å². The maximum absolute atomic E-state index is 12.4. The summed E-state index contributed by atoms with van der Waals surface area (Å²) in [6.07, 6.45) is 1.28. The molecule has 0 heterocycles. The Morgan fingerprint density at radius 3 is 2.36 bits per heavy atom. The Hall–Kier alpha value is -4.20. The van der Waals surface area contributed by atoms with Gasteiger partial charge in [-0.3, -0.25) is 14.9 Å². The molecule has 3 rings (SSSR count). The van der Waals surface area contributed by atoms with Crippen LogP contribution < -0.4 is 9.50 Å². The third kappa shape index (κ3) is 6.16. The number of benzene rings is 3. The highest BCUT2D eigenvalue weighted by molar-refractivity contribution is 7.87. The van der Waals surface area contributed by atoms with Crippen LogP contribution in [0.5, 0.6) is 5.75 Å². The van der Waals surface area contributed by atoms with Crippen LogP contribution in [0.2, 0.25) is 5.02 Å². The zero-order chi connectivity index (χ0) is 24.0. The topological polar surface area (TPSA) is 139 Å². The van der Waals surface area contributed by atoms with Crippen LogP contribution in [-0.2, 0) is 14.9 Å². The summed E-state index contributed by atoms with van der Waals surface area (Å²) >= 11 is 5.76. The summed E-state index contributed by atoms with van der Waals surface area (Å²) in [5.74, 6) is -0.731. The Balaban J connectivity index is 1.73. The summed E-state index contributed by atoms with van der Waals surface area (Å²) in [7, 11) is -4.07. The van der Waals surface area contributed by atoms with E-state index in [1.54, 1.807) is 6.07 Å². The standard InChI is InChI=1S/C22H14ClN3O6S/c23-17-6-10-21(11-7-17)33(30,31)32-20-8-4-15(5-9-20)12-16(14-24)22(27)25-18-2-1-3-19(13-18)26(28)29/h1-13H,(H,25,27)/b16-12+. The Morgan fingerprint density at radius 2 is 1.76 bits per heavy atom. The van der Waals surface area contributed by atoms with Crippen LogP contribution in [0.1, 0.15) is 5.56 Å². The molecular formula is C22H14ClN3O6S. The largest absolute Gasteiger partial charge is 0.379 e. The summed E-state index contributed by atoms with van der Waals surface area (Å²) in [6, 6.07) is 18.2. The monoisotopic (exact) mass is 483 g/mol. The second kappa shape index (κ2) is 9.95. The predicted octanol–water partition coefficient (Wildman–Crippen LogP) is 4.56. The Labute approximate surface area is 193 Å². The fourth-order valence-corrected chi connectivity index (χ4v) is 3.66. The van der Waals surface area contributed by atoms with Gasteiger partial charge in [-0.2, -0.15) is 13.7 Å². The number of hydrogen-bond donors (Lipinski definition) is 1. The number of amides is 1. The molecule has 0 bridgehead atoms. The number of carbonyl (C=O) groups excluding carboxylic acids is 1. The number of nitro benzene ring substituents is 1. The first-order valence-corrected chi connectivity index (χ1v) is 10.9. The lowest BCUT2D eigenvalue weighted by Gasteiger charge is -2.07. The van der Waals surface area contributed by atoms with Crippen LogP contribution in [-0.4, -0.2) is 19.2 Å². The number of hydrogen-bond acceptors (Lipinski definition) is 7. The van der Waals surface area contributed by atoms with E-state index in [0.717, 1.165) is 0 Å². The molecule has 1 N–H and O–H groups in total. The normalized spacial score (nSPS) is 11.3. The van der Waals surface area contributed by atoms with Gasteiger partial charge in [-0.05, 0) is 54.1 Å². The van der Waals surface area contributed by atoms with Crippen LogP contribution in [0.3, 0.4) is 0 Å². The fourth-order valence-electron chi connectivity index (χ4n) is 2.61. The Kier molecular flexibility index (Phi) is 7.07. The lowest BCUT2D eigenvalue weighted by atomic mass is 10.1. The second-order valence-corrected chi connectivity index (χ2v) is 8.47. The van der Waals surface area contributed by atoms with E-state index in [2.05, 4.69) is 5.32 Å². The van der Waals surface area contributed by atoms with Gasteiger partial charge in [0.1, 0.15) is 22.3 Å². The SMILES string of the molecule is N#C/C(=C\c1ccc(OS(=O)(=O)c2ccc(Cl)cc2)cc1)C(=O)Nc1cccc([N+](=O)[O-])c1. The molecular weight excluding hydrogens is 470 g/mol. The highest BCUT2D eigenvalue weighted by Crippen LogP contribution is 2.22. The molecule has 0 radical (unpaired) electrons. The first-order valence-electron chi connectivity index (χ1n) is 9.16. The number of nitrogens with zero attached hydrogens (tertiary/aromatic N) is 2. The quantitative estimate of drug-likeness (QED) is 0.171. The van der Waals surface area contributed by atoms with Gasteiger partial charge in [0.2, 0.25) is 0 Å². The van der Waals surface area contributed by atoms with Crippen molar-refractivity contribution in [3.05, 3.63) is 99.1 Å². The number of nitro groups is 1. The highest BCUT2D eigenvalue weighted by Gasteiger charge is 2.17. The lowest BCUT2D eigenvalue weighted by molar-refractivity contribution is -0.384. The Morgan fingerprint density at radius 1 is 1.09 bits per heavy atom. The van der Waals surface area contributed by atoms with Crippen molar-refractivity contribution >= 4 is 45.1 Å². The third-order valence-corrected chi connectivity index (χ3v) is 5.69. The molecule has 11 heteroatoms. The minimum Gasteiger partial charge on any atom is -0.379 e. The zero-order valence-electron chi connectivity index (χ0n) is 16.6. The molecule has 0 atom stereocenters. The van der Waals surface area contributed by atoms with Crippen LogP contribution in [0.15, 0.2) is 83.3 Å². The summed E-state index contributed by atoms with van der Waals surface area (Å²) in [5, 5.41) is 23.0. The molecule has 0 spiro atoms. The molecule has 0 saturated carbocycles. The van der Waals surface area contributed by atoms with Crippen molar-refractivity contribution < 1.29 is 22.3 Å². The molecule has 0 aliphatic rings. The van der Waals surface area contributed by atoms with Crippen molar-refractivity contribution in [3.8, 4) is 11.8 Å². The molecule has 3 aromatic carbocycles. The molecule has 166 valence electrons. The molecule has 33 heavy (non-hydrogen) atoms. The first-order chi connectivity index (χ1) is 15.7. The number of nitrogens with one attached hydrogen (secondary N) is 1. The van der Waals surface area contributed by atoms with Gasteiger partial charge in [0, 0.05) is 22.8 Å². The molecule has 0 saturated heterocycles. The van der Waals surface area contributed by atoms with Gasteiger partial charge in [0.05, 0.1) is 4.92 Å². The van der Waals surface area contributed by atoms with Gasteiger partial charge >= 0.3 is 10.1 Å².